The number of carbonyl (C=O) groups is 3. The molecule has 0 bridgehead atoms. The highest BCUT2D eigenvalue weighted by Crippen LogP contribution is 2.33. The first-order valence-corrected chi connectivity index (χ1v) is 10.2. The molecule has 0 fully saturated rings. The fraction of sp³-hybridized carbons (Fsp3) is 0.250. The number of hydrogen-bond donors (Lipinski definition) is 2. The molecule has 0 unspecified atom stereocenters. The Labute approximate surface area is 196 Å². The summed E-state index contributed by atoms with van der Waals surface area (Å²) in [5.41, 5.74) is -0.813. The second-order valence-corrected chi connectivity index (χ2v) is 7.65. The number of nitrogens with one attached hydrogen (secondary N) is 2. The molecule has 32 heavy (non-hydrogen) atoms. The van der Waals surface area contributed by atoms with E-state index in [4.69, 9.17) is 39.5 Å². The van der Waals surface area contributed by atoms with Crippen LogP contribution in [-0.4, -0.2) is 24.4 Å². The molecule has 2 aromatic carbocycles. The average molecular weight is 512 g/mol. The Morgan fingerprint density at radius 3 is 2.19 bits per heavy atom. The Bertz CT molecular complexity index is 1020. The van der Waals surface area contributed by atoms with Gasteiger partial charge in [0.2, 0.25) is 5.91 Å². The average Bonchev–Trinajstić information content (AvgIpc) is 2.70. The van der Waals surface area contributed by atoms with Crippen LogP contribution in [0.3, 0.4) is 0 Å². The normalized spacial score (nSPS) is 11.1. The lowest BCUT2D eigenvalue weighted by atomic mass is 10.2. The maximum Gasteiger partial charge on any atom is 0.416 e. The number of anilines is 2. The summed E-state index contributed by atoms with van der Waals surface area (Å²) in [5, 5.41) is 5.26. The molecule has 0 aliphatic heterocycles. The van der Waals surface area contributed by atoms with Gasteiger partial charge < -0.3 is 15.4 Å². The van der Waals surface area contributed by atoms with E-state index in [1.807, 2.05) is 0 Å². The van der Waals surface area contributed by atoms with Crippen molar-refractivity contribution in [2.45, 2.75) is 25.4 Å². The number of carbonyl (C=O) groups excluding carboxylic acids is 3. The molecule has 0 heterocycles. The standard InChI is InChI=1S/C20H16Cl3F3N2O4/c21-13-7-5-12(9-15(13)23)27-17(29)2-1-3-19(31)32-10-18(30)28-16-8-11(20(24,25)26)4-6-14(16)22/h4-9H,1-3,10H2,(H,27,29)(H,28,30). The minimum atomic E-state index is -4.61. The van der Waals surface area contributed by atoms with E-state index in [0.717, 1.165) is 12.1 Å². The van der Waals surface area contributed by atoms with E-state index in [0.29, 0.717) is 16.8 Å². The summed E-state index contributed by atoms with van der Waals surface area (Å²) >= 11 is 17.4. The van der Waals surface area contributed by atoms with E-state index in [1.165, 1.54) is 12.1 Å². The van der Waals surface area contributed by atoms with Gasteiger partial charge in [0.05, 0.1) is 26.3 Å². The van der Waals surface area contributed by atoms with E-state index in [1.54, 1.807) is 6.07 Å². The summed E-state index contributed by atoms with van der Waals surface area (Å²) in [7, 11) is 0. The van der Waals surface area contributed by atoms with Crippen LogP contribution in [0.15, 0.2) is 36.4 Å². The van der Waals surface area contributed by atoms with Crippen molar-refractivity contribution in [2.75, 3.05) is 17.2 Å². The van der Waals surface area contributed by atoms with E-state index >= 15 is 0 Å². The second kappa shape index (κ2) is 11.4. The number of amides is 2. The number of alkyl halides is 3. The Kier molecular flexibility index (Phi) is 9.18. The molecule has 0 saturated carbocycles. The first kappa shape index (κ1) is 25.8. The number of rotatable bonds is 8. The summed E-state index contributed by atoms with van der Waals surface area (Å²) in [6.45, 7) is -0.721. The summed E-state index contributed by atoms with van der Waals surface area (Å²) in [6, 6.07) is 7.01. The fourth-order valence-corrected chi connectivity index (χ4v) is 2.86. The van der Waals surface area contributed by atoms with Crippen molar-refractivity contribution < 1.29 is 32.3 Å². The van der Waals surface area contributed by atoms with Crippen LogP contribution in [0.1, 0.15) is 24.8 Å². The molecule has 0 aromatic heterocycles. The maximum atomic E-state index is 12.8. The van der Waals surface area contributed by atoms with Crippen LogP contribution >= 0.6 is 34.8 Å². The van der Waals surface area contributed by atoms with Gasteiger partial charge in [0.25, 0.3) is 5.91 Å². The number of benzene rings is 2. The van der Waals surface area contributed by atoms with Gasteiger partial charge in [-0.2, -0.15) is 13.2 Å². The van der Waals surface area contributed by atoms with Gasteiger partial charge in [-0.05, 0) is 42.8 Å². The molecule has 12 heteroatoms. The number of hydrogen-bond acceptors (Lipinski definition) is 4. The minimum Gasteiger partial charge on any atom is -0.456 e. The van der Waals surface area contributed by atoms with Gasteiger partial charge in [-0.15, -0.1) is 0 Å². The third-order valence-corrected chi connectivity index (χ3v) is 4.99. The number of ether oxygens (including phenoxy) is 1. The second-order valence-electron chi connectivity index (χ2n) is 6.43. The smallest absolute Gasteiger partial charge is 0.416 e. The molecular formula is C20H16Cl3F3N2O4. The molecule has 6 nitrogen and oxygen atoms in total. The van der Waals surface area contributed by atoms with Gasteiger partial charge in [-0.1, -0.05) is 34.8 Å². The van der Waals surface area contributed by atoms with Crippen molar-refractivity contribution in [2.24, 2.45) is 0 Å². The van der Waals surface area contributed by atoms with Gasteiger partial charge >= 0.3 is 12.1 Å². The number of esters is 1. The predicted octanol–water partition coefficient (Wildman–Crippen LogP) is 5.96. The van der Waals surface area contributed by atoms with Crippen LogP contribution in [0.4, 0.5) is 24.5 Å². The van der Waals surface area contributed by atoms with Crippen molar-refractivity contribution in [3.63, 3.8) is 0 Å². The highest BCUT2D eigenvalue weighted by atomic mass is 35.5. The van der Waals surface area contributed by atoms with Gasteiger partial charge in [0, 0.05) is 18.5 Å². The number of halogens is 6. The van der Waals surface area contributed by atoms with Crippen molar-refractivity contribution in [1.82, 2.24) is 0 Å². The van der Waals surface area contributed by atoms with Gasteiger partial charge in [0.1, 0.15) is 0 Å². The lowest BCUT2D eigenvalue weighted by molar-refractivity contribution is -0.147. The molecule has 0 spiro atoms. The lowest BCUT2D eigenvalue weighted by Gasteiger charge is -2.12. The van der Waals surface area contributed by atoms with Crippen molar-refractivity contribution >= 4 is 64.0 Å². The third kappa shape index (κ3) is 8.22. The molecule has 0 aliphatic rings. The highest BCUT2D eigenvalue weighted by Gasteiger charge is 2.31. The monoisotopic (exact) mass is 510 g/mol. The Hall–Kier alpha value is -2.49. The summed E-state index contributed by atoms with van der Waals surface area (Å²) in [5.74, 6) is -1.98. The predicted molar refractivity (Wildman–Crippen MR) is 115 cm³/mol. The third-order valence-electron chi connectivity index (χ3n) is 3.92. The molecule has 0 aliphatic carbocycles. The van der Waals surface area contributed by atoms with E-state index in [2.05, 4.69) is 10.6 Å². The quantitative estimate of drug-likeness (QED) is 0.429. The molecule has 2 aromatic rings. The van der Waals surface area contributed by atoms with E-state index in [9.17, 15) is 27.6 Å². The van der Waals surface area contributed by atoms with E-state index < -0.39 is 30.2 Å². The van der Waals surface area contributed by atoms with Crippen molar-refractivity contribution in [1.29, 1.82) is 0 Å². The SMILES string of the molecule is O=C(CCCC(=O)OCC(=O)Nc1cc(C(F)(F)F)ccc1Cl)Nc1ccc(Cl)c(Cl)c1. The molecule has 0 radical (unpaired) electrons. The van der Waals surface area contributed by atoms with Crippen LogP contribution in [0, 0.1) is 0 Å². The van der Waals surface area contributed by atoms with Gasteiger partial charge in [0.15, 0.2) is 6.61 Å². The van der Waals surface area contributed by atoms with Gasteiger partial charge in [-0.3, -0.25) is 14.4 Å². The molecule has 2 rings (SSSR count). The molecule has 2 N–H and O–H groups in total. The zero-order chi connectivity index (χ0) is 23.9. The molecule has 2 amide bonds. The maximum absolute atomic E-state index is 12.8. The zero-order valence-electron chi connectivity index (χ0n) is 16.2. The van der Waals surface area contributed by atoms with Crippen LogP contribution in [-0.2, 0) is 25.3 Å². The first-order valence-electron chi connectivity index (χ1n) is 9.03. The van der Waals surface area contributed by atoms with Gasteiger partial charge in [-0.25, -0.2) is 0 Å². The fourth-order valence-electron chi connectivity index (χ4n) is 2.39. The van der Waals surface area contributed by atoms with Crippen LogP contribution in [0.5, 0.6) is 0 Å². The molecule has 172 valence electrons. The highest BCUT2D eigenvalue weighted by molar-refractivity contribution is 6.42. The largest absolute Gasteiger partial charge is 0.456 e. The minimum absolute atomic E-state index is 0.00137. The Morgan fingerprint density at radius 1 is 0.844 bits per heavy atom. The topological polar surface area (TPSA) is 84.5 Å². The summed E-state index contributed by atoms with van der Waals surface area (Å²) < 4.78 is 43.0. The zero-order valence-corrected chi connectivity index (χ0v) is 18.5. The van der Waals surface area contributed by atoms with Crippen molar-refractivity contribution in [3.05, 3.63) is 57.0 Å². The van der Waals surface area contributed by atoms with Crippen LogP contribution < -0.4 is 10.6 Å². The summed E-state index contributed by atoms with van der Waals surface area (Å²) in [4.78, 5) is 35.5. The lowest BCUT2D eigenvalue weighted by Crippen LogP contribution is -2.21. The molecule has 0 atom stereocenters. The molecular weight excluding hydrogens is 496 g/mol. The van der Waals surface area contributed by atoms with Crippen molar-refractivity contribution in [3.8, 4) is 0 Å². The van der Waals surface area contributed by atoms with E-state index in [-0.39, 0.29) is 40.9 Å². The molecule has 0 saturated heterocycles. The summed E-state index contributed by atoms with van der Waals surface area (Å²) in [6.07, 6.45) is -4.61. The Morgan fingerprint density at radius 2 is 1.53 bits per heavy atom. The first-order chi connectivity index (χ1) is 15.0. The van der Waals surface area contributed by atoms with Crippen LogP contribution in [0.25, 0.3) is 0 Å². The Balaban J connectivity index is 1.73. The van der Waals surface area contributed by atoms with Crippen LogP contribution in [0.2, 0.25) is 15.1 Å².